The maximum Gasteiger partial charge on any atom is 0.125 e. The van der Waals surface area contributed by atoms with Crippen molar-refractivity contribution in [3.8, 4) is 0 Å². The van der Waals surface area contributed by atoms with Gasteiger partial charge in [-0.15, -0.1) is 0 Å². The fourth-order valence-corrected chi connectivity index (χ4v) is 1.86. The van der Waals surface area contributed by atoms with E-state index in [-0.39, 0.29) is 5.82 Å². The Bertz CT molecular complexity index is 399. The molecule has 0 radical (unpaired) electrons. The minimum atomic E-state index is -0.206. The molecular weight excluding hydrogens is 203 g/mol. The van der Waals surface area contributed by atoms with Crippen molar-refractivity contribution >= 4 is 11.5 Å². The van der Waals surface area contributed by atoms with Gasteiger partial charge in [0.05, 0.1) is 0 Å². The van der Waals surface area contributed by atoms with E-state index >= 15 is 0 Å². The van der Waals surface area contributed by atoms with E-state index in [0.29, 0.717) is 0 Å². The summed E-state index contributed by atoms with van der Waals surface area (Å²) in [6, 6.07) is 4.80. The monoisotopic (exact) mass is 220 g/mol. The van der Waals surface area contributed by atoms with E-state index in [0.717, 1.165) is 36.5 Å². The standard InChI is InChI=1S/C13H17FN2/c1-10-6-7-11(14)9-12(10)16-13-5-3-2-4-8-15-13/h6-7,9H,2-5,8H2,1H3,(H,15,16). The van der Waals surface area contributed by atoms with Crippen LogP contribution in [0.25, 0.3) is 0 Å². The van der Waals surface area contributed by atoms with Crippen molar-refractivity contribution in [2.24, 2.45) is 4.99 Å². The summed E-state index contributed by atoms with van der Waals surface area (Å²) in [5.74, 6) is 0.786. The van der Waals surface area contributed by atoms with Crippen molar-refractivity contribution in [1.82, 2.24) is 0 Å². The summed E-state index contributed by atoms with van der Waals surface area (Å²) in [5.41, 5.74) is 1.88. The molecule has 1 heterocycles. The molecule has 0 spiro atoms. The second-order valence-electron chi connectivity index (χ2n) is 4.22. The average Bonchev–Trinajstić information content (AvgIpc) is 2.52. The molecule has 1 aliphatic heterocycles. The zero-order valence-electron chi connectivity index (χ0n) is 9.59. The maximum atomic E-state index is 13.1. The van der Waals surface area contributed by atoms with Gasteiger partial charge < -0.3 is 5.32 Å². The highest BCUT2D eigenvalue weighted by atomic mass is 19.1. The number of aryl methyl sites for hydroxylation is 1. The Kier molecular flexibility index (Phi) is 3.54. The fourth-order valence-electron chi connectivity index (χ4n) is 1.86. The molecule has 2 nitrogen and oxygen atoms in total. The number of amidine groups is 1. The first kappa shape index (κ1) is 11.1. The Morgan fingerprint density at radius 1 is 1.25 bits per heavy atom. The van der Waals surface area contributed by atoms with Crippen LogP contribution in [0.1, 0.15) is 31.2 Å². The molecule has 0 atom stereocenters. The van der Waals surface area contributed by atoms with E-state index < -0.39 is 0 Å². The normalized spacial score (nSPS) is 16.5. The number of hydrogen-bond acceptors (Lipinski definition) is 2. The molecule has 0 aliphatic carbocycles. The van der Waals surface area contributed by atoms with Crippen molar-refractivity contribution in [3.63, 3.8) is 0 Å². The molecule has 3 heteroatoms. The van der Waals surface area contributed by atoms with E-state index in [2.05, 4.69) is 10.3 Å². The van der Waals surface area contributed by atoms with Crippen molar-refractivity contribution < 1.29 is 4.39 Å². The number of nitrogens with zero attached hydrogens (tertiary/aromatic N) is 1. The van der Waals surface area contributed by atoms with Crippen LogP contribution in [0.15, 0.2) is 23.2 Å². The van der Waals surface area contributed by atoms with Gasteiger partial charge in [-0.25, -0.2) is 4.39 Å². The summed E-state index contributed by atoms with van der Waals surface area (Å²) in [6.07, 6.45) is 4.53. The van der Waals surface area contributed by atoms with E-state index in [4.69, 9.17) is 0 Å². The Labute approximate surface area is 95.6 Å². The van der Waals surface area contributed by atoms with Crippen LogP contribution in [-0.2, 0) is 0 Å². The second-order valence-corrected chi connectivity index (χ2v) is 4.22. The fraction of sp³-hybridized carbons (Fsp3) is 0.462. The van der Waals surface area contributed by atoms with E-state index in [1.807, 2.05) is 6.92 Å². The van der Waals surface area contributed by atoms with Crippen LogP contribution in [0, 0.1) is 12.7 Å². The lowest BCUT2D eigenvalue weighted by atomic mass is 10.1. The zero-order valence-corrected chi connectivity index (χ0v) is 9.59. The molecule has 1 aliphatic rings. The summed E-state index contributed by atoms with van der Waals surface area (Å²) in [6.45, 7) is 2.86. The van der Waals surface area contributed by atoms with Crippen LogP contribution in [0.5, 0.6) is 0 Å². The predicted molar refractivity (Wildman–Crippen MR) is 65.5 cm³/mol. The molecule has 1 aromatic carbocycles. The van der Waals surface area contributed by atoms with Gasteiger partial charge in [0.1, 0.15) is 11.7 Å². The first-order valence-electron chi connectivity index (χ1n) is 5.82. The third-order valence-corrected chi connectivity index (χ3v) is 2.85. The minimum absolute atomic E-state index is 0.206. The lowest BCUT2D eigenvalue weighted by molar-refractivity contribution is 0.628. The van der Waals surface area contributed by atoms with Crippen LogP contribution in [0.4, 0.5) is 10.1 Å². The average molecular weight is 220 g/mol. The molecule has 86 valence electrons. The summed E-state index contributed by atoms with van der Waals surface area (Å²) in [7, 11) is 0. The largest absolute Gasteiger partial charge is 0.344 e. The summed E-state index contributed by atoms with van der Waals surface area (Å²) in [4.78, 5) is 4.47. The van der Waals surface area contributed by atoms with Crippen molar-refractivity contribution in [3.05, 3.63) is 29.6 Å². The smallest absolute Gasteiger partial charge is 0.125 e. The van der Waals surface area contributed by atoms with Crippen LogP contribution in [0.2, 0.25) is 0 Å². The summed E-state index contributed by atoms with van der Waals surface area (Å²) >= 11 is 0. The van der Waals surface area contributed by atoms with Gasteiger partial charge in [-0.3, -0.25) is 4.99 Å². The van der Waals surface area contributed by atoms with Crippen molar-refractivity contribution in [2.75, 3.05) is 11.9 Å². The SMILES string of the molecule is Cc1ccc(F)cc1NC1=NCCCCC1. The molecule has 0 unspecified atom stereocenters. The molecule has 1 aromatic rings. The van der Waals surface area contributed by atoms with E-state index in [1.54, 1.807) is 6.07 Å². The third-order valence-electron chi connectivity index (χ3n) is 2.85. The molecule has 0 saturated carbocycles. The molecule has 2 rings (SSSR count). The number of benzene rings is 1. The van der Waals surface area contributed by atoms with Crippen molar-refractivity contribution in [1.29, 1.82) is 0 Å². The van der Waals surface area contributed by atoms with E-state index in [1.165, 1.54) is 25.0 Å². The van der Waals surface area contributed by atoms with Gasteiger partial charge in [-0.1, -0.05) is 12.5 Å². The Balaban J connectivity index is 2.13. The Morgan fingerprint density at radius 3 is 3.00 bits per heavy atom. The minimum Gasteiger partial charge on any atom is -0.344 e. The Hall–Kier alpha value is -1.38. The molecule has 0 saturated heterocycles. The lowest BCUT2D eigenvalue weighted by Gasteiger charge is -2.11. The molecular formula is C13H17FN2. The molecule has 0 fully saturated rings. The second kappa shape index (κ2) is 5.10. The number of aliphatic imine (C=N–C) groups is 1. The highest BCUT2D eigenvalue weighted by molar-refractivity contribution is 5.96. The molecule has 16 heavy (non-hydrogen) atoms. The molecule has 1 N–H and O–H groups in total. The van der Waals surface area contributed by atoms with Crippen LogP contribution in [0.3, 0.4) is 0 Å². The summed E-state index contributed by atoms with van der Waals surface area (Å²) in [5, 5.41) is 3.24. The molecule has 0 amide bonds. The van der Waals surface area contributed by atoms with Gasteiger partial charge in [-0.05, 0) is 37.5 Å². The van der Waals surface area contributed by atoms with Gasteiger partial charge in [0.25, 0.3) is 0 Å². The van der Waals surface area contributed by atoms with Gasteiger partial charge in [0, 0.05) is 18.7 Å². The van der Waals surface area contributed by atoms with Gasteiger partial charge in [0.2, 0.25) is 0 Å². The maximum absolute atomic E-state index is 13.1. The molecule has 0 bridgehead atoms. The van der Waals surface area contributed by atoms with Gasteiger partial charge in [0.15, 0.2) is 0 Å². The lowest BCUT2D eigenvalue weighted by Crippen LogP contribution is -2.12. The van der Waals surface area contributed by atoms with Gasteiger partial charge >= 0.3 is 0 Å². The predicted octanol–water partition coefficient (Wildman–Crippen LogP) is 3.52. The van der Waals surface area contributed by atoms with Crippen LogP contribution in [-0.4, -0.2) is 12.4 Å². The first-order chi connectivity index (χ1) is 7.75. The summed E-state index contributed by atoms with van der Waals surface area (Å²) < 4.78 is 13.1. The van der Waals surface area contributed by atoms with Gasteiger partial charge in [-0.2, -0.15) is 0 Å². The number of rotatable bonds is 1. The van der Waals surface area contributed by atoms with Crippen molar-refractivity contribution in [2.45, 2.75) is 32.6 Å². The number of anilines is 1. The zero-order chi connectivity index (χ0) is 11.4. The van der Waals surface area contributed by atoms with Crippen LogP contribution < -0.4 is 5.32 Å². The van der Waals surface area contributed by atoms with Crippen LogP contribution >= 0.6 is 0 Å². The first-order valence-corrected chi connectivity index (χ1v) is 5.82. The number of hydrogen-bond donors (Lipinski definition) is 1. The number of halogens is 1. The Morgan fingerprint density at radius 2 is 2.12 bits per heavy atom. The topological polar surface area (TPSA) is 24.4 Å². The highest BCUT2D eigenvalue weighted by Crippen LogP contribution is 2.18. The molecule has 0 aromatic heterocycles. The quantitative estimate of drug-likeness (QED) is 0.769. The highest BCUT2D eigenvalue weighted by Gasteiger charge is 2.06. The third kappa shape index (κ3) is 2.81. The van der Waals surface area contributed by atoms with E-state index in [9.17, 15) is 4.39 Å². The number of nitrogens with one attached hydrogen (secondary N) is 1.